The fraction of sp³-hybridized carbons (Fsp3) is 0.278. The summed E-state index contributed by atoms with van der Waals surface area (Å²) in [7, 11) is 1.29. The van der Waals surface area contributed by atoms with Gasteiger partial charge in [-0.2, -0.15) is 0 Å². The van der Waals surface area contributed by atoms with Crippen LogP contribution in [0, 0.1) is 0 Å². The van der Waals surface area contributed by atoms with Crippen LogP contribution in [0.2, 0.25) is 0 Å². The molecule has 1 saturated heterocycles. The molecule has 2 aliphatic rings. The molecule has 0 aromatic carbocycles. The second-order valence-corrected chi connectivity index (χ2v) is 9.59. The molecule has 4 N–H and O–H groups in total. The predicted octanol–water partition coefficient (Wildman–Crippen LogP) is 1.12. The summed E-state index contributed by atoms with van der Waals surface area (Å²) in [6.45, 7) is 0. The Hall–Kier alpha value is -2.90. The summed E-state index contributed by atoms with van der Waals surface area (Å²) in [4.78, 5) is 48.5. The monoisotopic (exact) mass is 479 g/mol. The number of anilines is 1. The topological polar surface area (TPSA) is 147 Å². The lowest BCUT2D eigenvalue weighted by atomic mass is 10.0. The Labute approximate surface area is 188 Å². The molecule has 2 aromatic rings. The molecule has 1 fully saturated rings. The molecule has 0 bridgehead atoms. The number of aromatic nitrogens is 1. The van der Waals surface area contributed by atoms with Crippen LogP contribution in [0.3, 0.4) is 0 Å². The molecule has 2 aliphatic heterocycles. The number of nitrogen functional groups attached to an aromatic ring is 1. The van der Waals surface area contributed by atoms with E-state index in [9.17, 15) is 19.5 Å². The first-order valence-corrected chi connectivity index (χ1v) is 11.8. The van der Waals surface area contributed by atoms with Crippen molar-refractivity contribution in [2.24, 2.45) is 5.16 Å². The SMILES string of the molecule is CO/N=C(\C(=O)NC1C(=O)N2C(C(=O)O)=C(Cc3cccs3)CSC12)c1csc(N)n1. The maximum absolute atomic E-state index is 12.8. The Morgan fingerprint density at radius 2 is 2.26 bits per heavy atom. The van der Waals surface area contributed by atoms with Gasteiger partial charge in [-0.1, -0.05) is 11.2 Å². The van der Waals surface area contributed by atoms with Crippen molar-refractivity contribution in [3.63, 3.8) is 0 Å². The quantitative estimate of drug-likeness (QED) is 0.304. The number of hydrogen-bond donors (Lipinski definition) is 3. The van der Waals surface area contributed by atoms with E-state index in [-0.39, 0.29) is 22.2 Å². The highest BCUT2D eigenvalue weighted by molar-refractivity contribution is 8.00. The van der Waals surface area contributed by atoms with Gasteiger partial charge in [0.1, 0.15) is 29.9 Å². The highest BCUT2D eigenvalue weighted by Gasteiger charge is 2.54. The lowest BCUT2D eigenvalue weighted by Gasteiger charge is -2.49. The number of β-lactam (4-membered cyclic amide) rings is 1. The van der Waals surface area contributed by atoms with Gasteiger partial charge in [0.15, 0.2) is 10.8 Å². The van der Waals surface area contributed by atoms with E-state index in [1.807, 2.05) is 17.5 Å². The number of thiazole rings is 1. The van der Waals surface area contributed by atoms with Crippen LogP contribution in [0.15, 0.2) is 39.3 Å². The number of aliphatic carboxylic acids is 1. The number of carbonyl (C=O) groups is 3. The largest absolute Gasteiger partial charge is 0.477 e. The molecule has 10 nitrogen and oxygen atoms in total. The average Bonchev–Trinajstić information content (AvgIpc) is 3.41. The number of nitrogens with two attached hydrogens (primary N) is 1. The second kappa shape index (κ2) is 8.69. The maximum atomic E-state index is 12.8. The van der Waals surface area contributed by atoms with Crippen molar-refractivity contribution in [2.75, 3.05) is 18.6 Å². The first kappa shape index (κ1) is 21.3. The van der Waals surface area contributed by atoms with E-state index in [0.717, 1.165) is 16.2 Å². The van der Waals surface area contributed by atoms with Crippen LogP contribution in [-0.2, 0) is 25.6 Å². The number of rotatable bonds is 7. The molecule has 0 saturated carbocycles. The first-order valence-electron chi connectivity index (χ1n) is 8.96. The lowest BCUT2D eigenvalue weighted by Crippen LogP contribution is -2.71. The Kier molecular flexibility index (Phi) is 5.98. The summed E-state index contributed by atoms with van der Waals surface area (Å²) in [5.41, 5.74) is 6.40. The van der Waals surface area contributed by atoms with E-state index in [1.54, 1.807) is 5.38 Å². The van der Waals surface area contributed by atoms with Gasteiger partial charge in [0.25, 0.3) is 11.8 Å². The highest BCUT2D eigenvalue weighted by atomic mass is 32.2. The number of oxime groups is 1. The van der Waals surface area contributed by atoms with E-state index < -0.39 is 29.2 Å². The van der Waals surface area contributed by atoms with Crippen LogP contribution in [0.4, 0.5) is 5.13 Å². The van der Waals surface area contributed by atoms with Crippen molar-refractivity contribution in [1.29, 1.82) is 0 Å². The van der Waals surface area contributed by atoms with Crippen molar-refractivity contribution < 1.29 is 24.3 Å². The number of carbonyl (C=O) groups excluding carboxylic acids is 2. The normalized spacial score (nSPS) is 20.9. The third kappa shape index (κ3) is 4.03. The number of carboxylic acids is 1. The van der Waals surface area contributed by atoms with Crippen LogP contribution >= 0.6 is 34.4 Å². The number of thioether (sulfide) groups is 1. The number of amides is 2. The number of thiophene rings is 1. The fourth-order valence-electron chi connectivity index (χ4n) is 3.34. The van der Waals surface area contributed by atoms with E-state index in [1.165, 1.54) is 35.1 Å². The number of nitrogens with one attached hydrogen (secondary N) is 1. The van der Waals surface area contributed by atoms with E-state index in [2.05, 4.69) is 15.5 Å². The summed E-state index contributed by atoms with van der Waals surface area (Å²) in [5.74, 6) is -1.85. The summed E-state index contributed by atoms with van der Waals surface area (Å²) in [5, 5.41) is 19.3. The van der Waals surface area contributed by atoms with Crippen LogP contribution in [0.5, 0.6) is 0 Å². The van der Waals surface area contributed by atoms with Crippen molar-refractivity contribution in [2.45, 2.75) is 17.8 Å². The molecule has 2 aromatic heterocycles. The van der Waals surface area contributed by atoms with Crippen LogP contribution in [0.1, 0.15) is 10.6 Å². The number of hydrogen-bond acceptors (Lipinski definition) is 10. The molecule has 13 heteroatoms. The van der Waals surface area contributed by atoms with Crippen LogP contribution in [-0.4, -0.2) is 62.8 Å². The minimum Gasteiger partial charge on any atom is -0.477 e. The summed E-state index contributed by atoms with van der Waals surface area (Å²) in [6, 6.07) is 2.94. The molecular formula is C18H17N5O5S3. The first-order chi connectivity index (χ1) is 14.9. The fourth-order valence-corrected chi connectivity index (χ4v) is 5.98. The molecule has 4 heterocycles. The number of carboxylic acid groups (broad SMARTS) is 1. The van der Waals surface area contributed by atoms with Crippen molar-refractivity contribution in [3.8, 4) is 0 Å². The molecule has 0 spiro atoms. The zero-order chi connectivity index (χ0) is 22.1. The molecule has 0 radical (unpaired) electrons. The number of fused-ring (bicyclic) bond motifs is 1. The van der Waals surface area contributed by atoms with Crippen molar-refractivity contribution in [1.82, 2.24) is 15.2 Å². The summed E-state index contributed by atoms with van der Waals surface area (Å²) in [6.07, 6.45) is 0.468. The second-order valence-electron chi connectivity index (χ2n) is 6.57. The Balaban J connectivity index is 1.53. The van der Waals surface area contributed by atoms with Gasteiger partial charge in [0.2, 0.25) is 0 Å². The van der Waals surface area contributed by atoms with Gasteiger partial charge in [-0.25, -0.2) is 9.78 Å². The molecule has 2 unspecified atom stereocenters. The zero-order valence-corrected chi connectivity index (χ0v) is 18.6. The number of nitrogens with zero attached hydrogens (tertiary/aromatic N) is 3. The minimum absolute atomic E-state index is 0.00861. The highest BCUT2D eigenvalue weighted by Crippen LogP contribution is 2.41. The summed E-state index contributed by atoms with van der Waals surface area (Å²) >= 11 is 4.08. The molecule has 2 atom stereocenters. The van der Waals surface area contributed by atoms with E-state index in [4.69, 9.17) is 10.6 Å². The zero-order valence-electron chi connectivity index (χ0n) is 16.1. The van der Waals surface area contributed by atoms with Crippen molar-refractivity contribution in [3.05, 3.63) is 44.7 Å². The van der Waals surface area contributed by atoms with Gasteiger partial charge < -0.3 is 21.0 Å². The Morgan fingerprint density at radius 3 is 2.87 bits per heavy atom. The van der Waals surface area contributed by atoms with Gasteiger partial charge in [-0.15, -0.1) is 34.4 Å². The molecule has 31 heavy (non-hydrogen) atoms. The van der Waals surface area contributed by atoms with Gasteiger partial charge >= 0.3 is 5.97 Å². The Morgan fingerprint density at radius 1 is 1.45 bits per heavy atom. The van der Waals surface area contributed by atoms with Gasteiger partial charge in [-0.3, -0.25) is 14.5 Å². The third-order valence-corrected chi connectivity index (χ3v) is 7.56. The Bertz CT molecular complexity index is 1090. The van der Waals surface area contributed by atoms with Crippen LogP contribution < -0.4 is 11.1 Å². The third-order valence-electron chi connectivity index (χ3n) is 4.67. The molecule has 162 valence electrons. The van der Waals surface area contributed by atoms with E-state index in [0.29, 0.717) is 17.7 Å². The van der Waals surface area contributed by atoms with Crippen LogP contribution in [0.25, 0.3) is 0 Å². The predicted molar refractivity (Wildman–Crippen MR) is 118 cm³/mol. The smallest absolute Gasteiger partial charge is 0.352 e. The average molecular weight is 480 g/mol. The van der Waals surface area contributed by atoms with E-state index >= 15 is 0 Å². The standard InChI is InChI=1S/C18H17N5O5S3/c1-28-22-11(10-7-31-18(19)20-10)14(24)21-12-15(25)23-13(17(26)27)8(6-30-16(12)23)5-9-3-2-4-29-9/h2-4,7,12,16H,5-6H2,1H3,(H2,19,20)(H,21,24)(H,26,27)/b22-11-. The van der Waals surface area contributed by atoms with Gasteiger partial charge in [0.05, 0.1) is 0 Å². The molecule has 2 amide bonds. The molecular weight excluding hydrogens is 462 g/mol. The lowest BCUT2D eigenvalue weighted by molar-refractivity contribution is -0.150. The molecule has 0 aliphatic carbocycles. The minimum atomic E-state index is -1.16. The summed E-state index contributed by atoms with van der Waals surface area (Å²) < 4.78 is 0. The maximum Gasteiger partial charge on any atom is 0.352 e. The molecule has 4 rings (SSSR count). The van der Waals surface area contributed by atoms with Gasteiger partial charge in [-0.05, 0) is 17.0 Å². The van der Waals surface area contributed by atoms with Gasteiger partial charge in [0, 0.05) is 22.4 Å². The van der Waals surface area contributed by atoms with Crippen molar-refractivity contribution >= 4 is 63.1 Å².